The highest BCUT2D eigenvalue weighted by Gasteiger charge is 2.27. The molecule has 0 radical (unpaired) electrons. The van der Waals surface area contributed by atoms with Crippen molar-refractivity contribution < 1.29 is 47.8 Å². The van der Waals surface area contributed by atoms with Crippen molar-refractivity contribution in [1.29, 1.82) is 0 Å². The van der Waals surface area contributed by atoms with Crippen molar-refractivity contribution >= 4 is 19.8 Å². The smallest absolute Gasteiger partial charge is 0.462 e. The van der Waals surface area contributed by atoms with E-state index in [9.17, 15) is 24.2 Å². The molecule has 3 unspecified atom stereocenters. The molecule has 0 bridgehead atoms. The number of aliphatic hydroxyl groups excluding tert-OH is 2. The van der Waals surface area contributed by atoms with Crippen LogP contribution in [0.25, 0.3) is 0 Å². The van der Waals surface area contributed by atoms with Crippen LogP contribution in [0.2, 0.25) is 0 Å². The van der Waals surface area contributed by atoms with Gasteiger partial charge in [-0.25, -0.2) is 4.57 Å². The molecule has 0 aliphatic rings. The van der Waals surface area contributed by atoms with E-state index >= 15 is 0 Å². The molecule has 0 saturated carbocycles. The van der Waals surface area contributed by atoms with Crippen LogP contribution >= 0.6 is 7.82 Å². The minimum Gasteiger partial charge on any atom is -0.462 e. The van der Waals surface area contributed by atoms with E-state index in [2.05, 4.69) is 30.5 Å². The van der Waals surface area contributed by atoms with Gasteiger partial charge < -0.3 is 24.6 Å². The molecule has 0 fully saturated rings. The number of hydrogen-bond acceptors (Lipinski definition) is 9. The maximum absolute atomic E-state index is 12.5. The van der Waals surface area contributed by atoms with Gasteiger partial charge in [0.1, 0.15) is 12.7 Å². The van der Waals surface area contributed by atoms with E-state index in [1.165, 1.54) is 83.5 Å². The predicted octanol–water partition coefficient (Wildman–Crippen LogP) is 8.89. The number of unbranched alkanes of at least 4 members (excludes halogenated alkanes) is 19. The Morgan fingerprint density at radius 3 is 1.53 bits per heavy atom. The molecule has 0 amide bonds. The SMILES string of the molecule is CCCCCCCC/C=C\CCCCCCCCCC(=O)OC(COC(=O)CCCCCCCCC)COP(=O)(O)OCC(O)CO. The Morgan fingerprint density at radius 1 is 0.617 bits per heavy atom. The molecule has 0 spiro atoms. The van der Waals surface area contributed by atoms with Crippen LogP contribution in [0, 0.1) is 0 Å². The van der Waals surface area contributed by atoms with Crippen LogP contribution in [0.1, 0.15) is 168 Å². The van der Waals surface area contributed by atoms with Crippen molar-refractivity contribution in [3.8, 4) is 0 Å². The molecule has 10 nitrogen and oxygen atoms in total. The van der Waals surface area contributed by atoms with Gasteiger partial charge in [-0.05, 0) is 38.5 Å². The highest BCUT2D eigenvalue weighted by atomic mass is 31.2. The van der Waals surface area contributed by atoms with E-state index in [1.807, 2.05) is 0 Å². The number of rotatable bonds is 35. The van der Waals surface area contributed by atoms with Crippen LogP contribution in [0.4, 0.5) is 0 Å². The Kier molecular flexibility index (Phi) is 32.3. The van der Waals surface area contributed by atoms with Gasteiger partial charge in [0, 0.05) is 12.8 Å². The third-order valence-electron chi connectivity index (χ3n) is 7.92. The van der Waals surface area contributed by atoms with E-state index in [0.29, 0.717) is 12.8 Å². The molecule has 0 saturated heterocycles. The van der Waals surface area contributed by atoms with E-state index in [4.69, 9.17) is 19.1 Å². The van der Waals surface area contributed by atoms with Gasteiger partial charge in [-0.15, -0.1) is 0 Å². The Bertz CT molecular complexity index is 807. The van der Waals surface area contributed by atoms with Crippen molar-refractivity contribution in [1.82, 2.24) is 0 Å². The number of carbonyl (C=O) groups is 2. The Morgan fingerprint density at radius 2 is 1.04 bits per heavy atom. The summed E-state index contributed by atoms with van der Waals surface area (Å²) >= 11 is 0. The van der Waals surface area contributed by atoms with Crippen LogP contribution in [-0.2, 0) is 32.7 Å². The molecule has 0 aromatic rings. The topological polar surface area (TPSA) is 149 Å². The first-order valence-corrected chi connectivity index (χ1v) is 20.1. The summed E-state index contributed by atoms with van der Waals surface area (Å²) in [6.07, 6.45) is 27.8. The van der Waals surface area contributed by atoms with Crippen molar-refractivity contribution in [2.45, 2.75) is 180 Å². The van der Waals surface area contributed by atoms with E-state index in [-0.39, 0.29) is 19.4 Å². The number of carbonyl (C=O) groups excluding carboxylic acids is 2. The molecule has 0 aromatic heterocycles. The molecule has 3 N–H and O–H groups in total. The maximum atomic E-state index is 12.5. The number of phosphoric acid groups is 1. The molecule has 0 aliphatic carbocycles. The fourth-order valence-corrected chi connectivity index (χ4v) is 5.78. The number of ether oxygens (including phenoxy) is 2. The zero-order chi connectivity index (χ0) is 34.9. The van der Waals surface area contributed by atoms with Gasteiger partial charge in [-0.3, -0.25) is 18.6 Å². The van der Waals surface area contributed by atoms with Gasteiger partial charge in [0.25, 0.3) is 0 Å². The molecule has 47 heavy (non-hydrogen) atoms. The lowest BCUT2D eigenvalue weighted by Gasteiger charge is -2.20. The summed E-state index contributed by atoms with van der Waals surface area (Å²) in [4.78, 5) is 34.6. The quantitative estimate of drug-likeness (QED) is 0.0254. The van der Waals surface area contributed by atoms with E-state index < -0.39 is 51.8 Å². The molecular weight excluding hydrogens is 623 g/mol. The third-order valence-corrected chi connectivity index (χ3v) is 8.87. The highest BCUT2D eigenvalue weighted by molar-refractivity contribution is 7.47. The summed E-state index contributed by atoms with van der Waals surface area (Å²) in [6.45, 7) is 2.31. The maximum Gasteiger partial charge on any atom is 0.472 e. The Hall–Kier alpha value is -1.29. The summed E-state index contributed by atoms with van der Waals surface area (Å²) < 4.78 is 32.4. The molecule has 0 aliphatic heterocycles. The third kappa shape index (κ3) is 33.0. The van der Waals surface area contributed by atoms with Crippen molar-refractivity contribution in [3.63, 3.8) is 0 Å². The lowest BCUT2D eigenvalue weighted by atomic mass is 10.1. The summed E-state index contributed by atoms with van der Waals surface area (Å²) in [7, 11) is -4.60. The second-order valence-corrected chi connectivity index (χ2v) is 14.1. The van der Waals surface area contributed by atoms with Gasteiger partial charge in [-0.1, -0.05) is 129 Å². The number of phosphoric ester groups is 1. The first kappa shape index (κ1) is 45.7. The molecule has 0 rings (SSSR count). The molecular formula is C36H69O10P. The number of allylic oxidation sites excluding steroid dienone is 2. The van der Waals surface area contributed by atoms with Crippen molar-refractivity contribution in [2.75, 3.05) is 26.4 Å². The largest absolute Gasteiger partial charge is 0.472 e. The Balaban J connectivity index is 4.29. The van der Waals surface area contributed by atoms with Gasteiger partial charge >= 0.3 is 19.8 Å². The second kappa shape index (κ2) is 33.2. The normalized spacial score (nSPS) is 14.2. The van der Waals surface area contributed by atoms with Crippen LogP contribution in [0.5, 0.6) is 0 Å². The zero-order valence-corrected chi connectivity index (χ0v) is 30.6. The van der Waals surface area contributed by atoms with Crippen LogP contribution < -0.4 is 0 Å². The standard InChI is InChI=1S/C36H69O10P/c1-3-5-7-9-11-12-13-14-15-16-17-18-19-20-22-24-26-28-36(40)46-34(32-45-47(41,42)44-30-33(38)29-37)31-43-35(39)27-25-23-21-10-8-6-4-2/h14-15,33-34,37-38H,3-13,16-32H2,1-2H3,(H,41,42)/b15-14-. The lowest BCUT2D eigenvalue weighted by molar-refractivity contribution is -0.161. The van der Waals surface area contributed by atoms with Crippen LogP contribution in [0.15, 0.2) is 12.2 Å². The number of aliphatic hydroxyl groups is 2. The van der Waals surface area contributed by atoms with E-state index in [1.54, 1.807) is 0 Å². The summed E-state index contributed by atoms with van der Waals surface area (Å²) in [5, 5.41) is 18.2. The van der Waals surface area contributed by atoms with Crippen LogP contribution in [0.3, 0.4) is 0 Å². The fraction of sp³-hybridized carbons (Fsp3) is 0.889. The zero-order valence-electron chi connectivity index (χ0n) is 29.8. The average molecular weight is 693 g/mol. The molecule has 3 atom stereocenters. The monoisotopic (exact) mass is 692 g/mol. The first-order chi connectivity index (χ1) is 22.7. The van der Waals surface area contributed by atoms with Gasteiger partial charge in [0.2, 0.25) is 0 Å². The first-order valence-electron chi connectivity index (χ1n) is 18.6. The van der Waals surface area contributed by atoms with Crippen molar-refractivity contribution in [3.05, 3.63) is 12.2 Å². The number of hydrogen-bond donors (Lipinski definition) is 3. The summed E-state index contributed by atoms with van der Waals surface area (Å²) in [5.41, 5.74) is 0. The average Bonchev–Trinajstić information content (AvgIpc) is 3.05. The lowest BCUT2D eigenvalue weighted by Crippen LogP contribution is -2.29. The Labute approximate surface area is 286 Å². The van der Waals surface area contributed by atoms with E-state index in [0.717, 1.165) is 44.9 Å². The predicted molar refractivity (Wildman–Crippen MR) is 187 cm³/mol. The van der Waals surface area contributed by atoms with Gasteiger partial charge in [0.15, 0.2) is 6.10 Å². The molecule has 278 valence electrons. The van der Waals surface area contributed by atoms with Gasteiger partial charge in [0.05, 0.1) is 19.8 Å². The fourth-order valence-electron chi connectivity index (χ4n) is 4.99. The minimum absolute atomic E-state index is 0.182. The molecule has 0 aromatic carbocycles. The highest BCUT2D eigenvalue weighted by Crippen LogP contribution is 2.43. The van der Waals surface area contributed by atoms with Crippen molar-refractivity contribution in [2.24, 2.45) is 0 Å². The summed E-state index contributed by atoms with van der Waals surface area (Å²) in [6, 6.07) is 0. The molecule has 11 heteroatoms. The minimum atomic E-state index is -4.60. The van der Waals surface area contributed by atoms with Gasteiger partial charge in [-0.2, -0.15) is 0 Å². The molecule has 0 heterocycles. The second-order valence-electron chi connectivity index (χ2n) is 12.6. The number of esters is 2. The van der Waals surface area contributed by atoms with Crippen LogP contribution in [-0.4, -0.2) is 65.7 Å². The summed E-state index contributed by atoms with van der Waals surface area (Å²) in [5.74, 6) is -0.933.